The van der Waals surface area contributed by atoms with Crippen molar-refractivity contribution >= 4 is 28.5 Å². The van der Waals surface area contributed by atoms with Gasteiger partial charge in [-0.1, -0.05) is 36.4 Å². The van der Waals surface area contributed by atoms with E-state index in [0.717, 1.165) is 11.6 Å². The Morgan fingerprint density at radius 3 is 2.62 bits per heavy atom. The van der Waals surface area contributed by atoms with E-state index in [0.29, 0.717) is 22.3 Å². The molecule has 2 aromatic carbocycles. The van der Waals surface area contributed by atoms with Crippen LogP contribution in [-0.2, 0) is 22.7 Å². The number of halogens is 2. The van der Waals surface area contributed by atoms with Crippen LogP contribution in [0.1, 0.15) is 28.2 Å². The van der Waals surface area contributed by atoms with Crippen LogP contribution >= 0.6 is 0 Å². The zero-order valence-corrected chi connectivity index (χ0v) is 18.1. The van der Waals surface area contributed by atoms with E-state index < -0.39 is 24.0 Å². The Hall–Kier alpha value is -4.34. The molecule has 0 aliphatic rings. The molecule has 0 saturated heterocycles. The van der Waals surface area contributed by atoms with Crippen molar-refractivity contribution in [1.82, 2.24) is 14.8 Å². The van der Waals surface area contributed by atoms with Crippen LogP contribution in [-0.4, -0.2) is 33.8 Å². The Balaban J connectivity index is 1.49. The number of ether oxygens (including phenoxy) is 2. The molecule has 0 fully saturated rings. The molecule has 0 unspecified atom stereocenters. The first-order valence-corrected chi connectivity index (χ1v) is 10.2. The SMILES string of the molecule is COc1cc2nn(CC(=O)OCc3ccccc3)cc2cc1NC(=O)c1cccc(C(F)F)n1. The molecule has 2 aromatic heterocycles. The van der Waals surface area contributed by atoms with Crippen molar-refractivity contribution in [1.29, 1.82) is 0 Å². The summed E-state index contributed by atoms with van der Waals surface area (Å²) in [7, 11) is 1.42. The van der Waals surface area contributed by atoms with Crippen LogP contribution < -0.4 is 10.1 Å². The van der Waals surface area contributed by atoms with E-state index in [-0.39, 0.29) is 18.8 Å². The molecular formula is C24H20F2N4O4. The Bertz CT molecular complexity index is 1330. The van der Waals surface area contributed by atoms with Gasteiger partial charge in [-0.25, -0.2) is 13.8 Å². The molecule has 2 heterocycles. The summed E-state index contributed by atoms with van der Waals surface area (Å²) < 4.78 is 37.8. The van der Waals surface area contributed by atoms with Gasteiger partial charge in [0.1, 0.15) is 30.3 Å². The number of anilines is 1. The van der Waals surface area contributed by atoms with Gasteiger partial charge in [-0.15, -0.1) is 0 Å². The van der Waals surface area contributed by atoms with Crippen LogP contribution in [0.3, 0.4) is 0 Å². The number of methoxy groups -OCH3 is 1. The van der Waals surface area contributed by atoms with Gasteiger partial charge in [0.15, 0.2) is 0 Å². The molecule has 1 amide bonds. The lowest BCUT2D eigenvalue weighted by atomic mass is 10.2. The predicted molar refractivity (Wildman–Crippen MR) is 120 cm³/mol. The Morgan fingerprint density at radius 1 is 1.09 bits per heavy atom. The largest absolute Gasteiger partial charge is 0.494 e. The maximum Gasteiger partial charge on any atom is 0.328 e. The maximum atomic E-state index is 12.9. The molecule has 4 aromatic rings. The quantitative estimate of drug-likeness (QED) is 0.388. The number of pyridine rings is 1. The second-order valence-electron chi connectivity index (χ2n) is 7.29. The summed E-state index contributed by atoms with van der Waals surface area (Å²) in [5, 5.41) is 7.60. The fraction of sp³-hybridized carbons (Fsp3) is 0.167. The first-order valence-electron chi connectivity index (χ1n) is 10.2. The van der Waals surface area contributed by atoms with Crippen molar-refractivity contribution in [3.05, 3.63) is 83.8 Å². The van der Waals surface area contributed by atoms with Crippen LogP contribution in [0.15, 0.2) is 66.9 Å². The molecule has 0 aliphatic heterocycles. The van der Waals surface area contributed by atoms with E-state index >= 15 is 0 Å². The van der Waals surface area contributed by atoms with Crippen LogP contribution in [0.25, 0.3) is 10.9 Å². The summed E-state index contributed by atoms with van der Waals surface area (Å²) in [5.41, 5.74) is 1.06. The van der Waals surface area contributed by atoms with Gasteiger partial charge in [0.25, 0.3) is 12.3 Å². The van der Waals surface area contributed by atoms with Crippen molar-refractivity contribution < 1.29 is 27.8 Å². The van der Waals surface area contributed by atoms with Gasteiger partial charge in [-0.3, -0.25) is 14.3 Å². The van der Waals surface area contributed by atoms with Gasteiger partial charge >= 0.3 is 5.97 Å². The minimum Gasteiger partial charge on any atom is -0.494 e. The molecule has 0 bridgehead atoms. The highest BCUT2D eigenvalue weighted by atomic mass is 19.3. The van der Waals surface area contributed by atoms with E-state index in [2.05, 4.69) is 15.4 Å². The zero-order chi connectivity index (χ0) is 24.1. The van der Waals surface area contributed by atoms with Gasteiger partial charge in [-0.05, 0) is 23.8 Å². The molecule has 8 nitrogen and oxygen atoms in total. The number of fused-ring (bicyclic) bond motifs is 1. The van der Waals surface area contributed by atoms with Crippen molar-refractivity contribution in [3.63, 3.8) is 0 Å². The van der Waals surface area contributed by atoms with Crippen molar-refractivity contribution in [2.45, 2.75) is 19.6 Å². The number of aromatic nitrogens is 3. The number of hydrogen-bond acceptors (Lipinski definition) is 6. The number of nitrogens with one attached hydrogen (secondary N) is 1. The number of carbonyl (C=O) groups is 2. The fourth-order valence-electron chi connectivity index (χ4n) is 3.25. The number of esters is 1. The molecule has 0 atom stereocenters. The van der Waals surface area contributed by atoms with E-state index in [1.165, 1.54) is 23.9 Å². The monoisotopic (exact) mass is 466 g/mol. The molecule has 0 saturated carbocycles. The van der Waals surface area contributed by atoms with Gasteiger partial charge < -0.3 is 14.8 Å². The highest BCUT2D eigenvalue weighted by Crippen LogP contribution is 2.30. The van der Waals surface area contributed by atoms with E-state index in [9.17, 15) is 18.4 Å². The van der Waals surface area contributed by atoms with Crippen LogP contribution in [0, 0.1) is 0 Å². The predicted octanol–water partition coefficient (Wildman–Crippen LogP) is 4.37. The second-order valence-corrected chi connectivity index (χ2v) is 7.29. The van der Waals surface area contributed by atoms with Crippen molar-refractivity contribution in [3.8, 4) is 5.75 Å². The number of rotatable bonds is 8. The average Bonchev–Trinajstić information content (AvgIpc) is 3.23. The van der Waals surface area contributed by atoms with E-state index in [1.807, 2.05) is 30.3 Å². The summed E-state index contributed by atoms with van der Waals surface area (Å²) in [5.74, 6) is -0.818. The topological polar surface area (TPSA) is 95.3 Å². The Morgan fingerprint density at radius 2 is 1.88 bits per heavy atom. The Labute approximate surface area is 193 Å². The van der Waals surface area contributed by atoms with Crippen LogP contribution in [0.2, 0.25) is 0 Å². The molecule has 1 N–H and O–H groups in total. The summed E-state index contributed by atoms with van der Waals surface area (Å²) in [6.45, 7) is 0.0567. The number of carbonyl (C=O) groups excluding carboxylic acids is 2. The second kappa shape index (κ2) is 10.1. The molecular weight excluding hydrogens is 446 g/mol. The third-order valence-electron chi connectivity index (χ3n) is 4.88. The maximum absolute atomic E-state index is 12.9. The molecule has 4 rings (SSSR count). The highest BCUT2D eigenvalue weighted by Gasteiger charge is 2.17. The molecule has 0 aliphatic carbocycles. The van der Waals surface area contributed by atoms with E-state index in [4.69, 9.17) is 9.47 Å². The minimum absolute atomic E-state index is 0.101. The molecule has 0 spiro atoms. The molecule has 34 heavy (non-hydrogen) atoms. The average molecular weight is 466 g/mol. The van der Waals surface area contributed by atoms with E-state index in [1.54, 1.807) is 18.3 Å². The van der Waals surface area contributed by atoms with Gasteiger partial charge in [0.05, 0.1) is 18.3 Å². The van der Waals surface area contributed by atoms with Gasteiger partial charge in [0, 0.05) is 17.6 Å². The third kappa shape index (κ3) is 5.34. The van der Waals surface area contributed by atoms with Crippen LogP contribution in [0.4, 0.5) is 14.5 Å². The van der Waals surface area contributed by atoms with Crippen LogP contribution in [0.5, 0.6) is 5.75 Å². The first kappa shape index (κ1) is 22.8. The smallest absolute Gasteiger partial charge is 0.328 e. The highest BCUT2D eigenvalue weighted by molar-refractivity contribution is 6.05. The summed E-state index contributed by atoms with van der Waals surface area (Å²) in [6, 6.07) is 16.3. The molecule has 0 radical (unpaired) electrons. The summed E-state index contributed by atoms with van der Waals surface area (Å²) in [4.78, 5) is 28.5. The van der Waals surface area contributed by atoms with Crippen molar-refractivity contribution in [2.75, 3.05) is 12.4 Å². The van der Waals surface area contributed by atoms with Crippen molar-refractivity contribution in [2.24, 2.45) is 0 Å². The van der Waals surface area contributed by atoms with Gasteiger partial charge in [-0.2, -0.15) is 5.10 Å². The Kier molecular flexibility index (Phi) is 6.77. The summed E-state index contributed by atoms with van der Waals surface area (Å²) >= 11 is 0. The lowest BCUT2D eigenvalue weighted by molar-refractivity contribution is -0.145. The normalized spacial score (nSPS) is 10.9. The van der Waals surface area contributed by atoms with Gasteiger partial charge in [0.2, 0.25) is 0 Å². The number of alkyl halides is 2. The third-order valence-corrected chi connectivity index (χ3v) is 4.88. The lowest BCUT2D eigenvalue weighted by Gasteiger charge is -2.10. The number of hydrogen-bond donors (Lipinski definition) is 1. The first-order chi connectivity index (χ1) is 16.4. The number of benzene rings is 2. The lowest BCUT2D eigenvalue weighted by Crippen LogP contribution is -2.15. The molecule has 174 valence electrons. The standard InChI is InChI=1S/C24H20F2N4O4/c1-33-21-11-19-16(10-20(21)28-24(32)18-9-5-8-17(27-18)23(25)26)12-30(29-19)13-22(31)34-14-15-6-3-2-4-7-15/h2-12,23H,13-14H2,1H3,(H,28,32). The molecule has 10 heteroatoms. The fourth-order valence-corrected chi connectivity index (χ4v) is 3.25. The number of nitrogens with zero attached hydrogens (tertiary/aromatic N) is 3. The number of amides is 1. The zero-order valence-electron chi connectivity index (χ0n) is 18.1. The minimum atomic E-state index is -2.79. The summed E-state index contributed by atoms with van der Waals surface area (Å²) in [6.07, 6.45) is -1.16.